The average molecular weight is 298 g/mol. The van der Waals surface area contributed by atoms with Crippen molar-refractivity contribution in [3.8, 4) is 11.1 Å². The van der Waals surface area contributed by atoms with Crippen LogP contribution >= 0.6 is 0 Å². The van der Waals surface area contributed by atoms with Crippen LogP contribution in [-0.2, 0) is 0 Å². The second-order valence-electron chi connectivity index (χ2n) is 6.96. The molecule has 1 aliphatic carbocycles. The van der Waals surface area contributed by atoms with Crippen molar-refractivity contribution in [3.05, 3.63) is 93.5 Å². The van der Waals surface area contributed by atoms with Crippen LogP contribution in [0.3, 0.4) is 0 Å². The fraction of sp³-hybridized carbons (Fsp3) is 0.217. The van der Waals surface area contributed by atoms with Gasteiger partial charge in [0.05, 0.1) is 0 Å². The first-order valence-electron chi connectivity index (χ1n) is 8.33. The first-order chi connectivity index (χ1) is 11.0. The molecule has 0 heteroatoms. The lowest BCUT2D eigenvalue weighted by Gasteiger charge is -2.16. The van der Waals surface area contributed by atoms with E-state index in [9.17, 15) is 0 Å². The van der Waals surface area contributed by atoms with Crippen molar-refractivity contribution in [2.24, 2.45) is 0 Å². The van der Waals surface area contributed by atoms with Gasteiger partial charge in [0.15, 0.2) is 0 Å². The van der Waals surface area contributed by atoms with Crippen LogP contribution in [0, 0.1) is 27.7 Å². The van der Waals surface area contributed by atoms with Gasteiger partial charge in [0.25, 0.3) is 0 Å². The van der Waals surface area contributed by atoms with E-state index in [1.807, 2.05) is 0 Å². The number of hydrogen-bond donors (Lipinski definition) is 0. The van der Waals surface area contributed by atoms with E-state index in [1.165, 1.54) is 50.1 Å². The number of fused-ring (bicyclic) bond motifs is 3. The van der Waals surface area contributed by atoms with Crippen LogP contribution in [0.1, 0.15) is 44.9 Å². The third-order valence-corrected chi connectivity index (χ3v) is 5.19. The minimum absolute atomic E-state index is 0.360. The van der Waals surface area contributed by atoms with Gasteiger partial charge in [-0.15, -0.1) is 0 Å². The molecule has 0 N–H and O–H groups in total. The molecule has 0 unspecified atom stereocenters. The topological polar surface area (TPSA) is 0 Å². The van der Waals surface area contributed by atoms with Crippen LogP contribution < -0.4 is 0 Å². The molecular weight excluding hydrogens is 276 g/mol. The summed E-state index contributed by atoms with van der Waals surface area (Å²) in [5.74, 6) is 0.360. The van der Waals surface area contributed by atoms with Crippen LogP contribution in [0.25, 0.3) is 11.1 Å². The largest absolute Gasteiger partial charge is 0.0588 e. The molecule has 0 saturated carbocycles. The fourth-order valence-electron chi connectivity index (χ4n) is 3.80. The highest BCUT2D eigenvalue weighted by Gasteiger charge is 2.30. The maximum atomic E-state index is 2.37. The molecule has 0 aromatic heterocycles. The Hall–Kier alpha value is -2.34. The van der Waals surface area contributed by atoms with E-state index in [-0.39, 0.29) is 0 Å². The van der Waals surface area contributed by atoms with Crippen molar-refractivity contribution < 1.29 is 0 Å². The zero-order chi connectivity index (χ0) is 16.1. The lowest BCUT2D eigenvalue weighted by atomic mass is 9.87. The molecule has 0 radical (unpaired) electrons. The zero-order valence-electron chi connectivity index (χ0n) is 14.3. The second kappa shape index (κ2) is 5.09. The van der Waals surface area contributed by atoms with Gasteiger partial charge < -0.3 is 0 Å². The van der Waals surface area contributed by atoms with Crippen LogP contribution in [0.5, 0.6) is 0 Å². The molecule has 0 bridgehead atoms. The maximum Gasteiger partial charge on any atom is 0.0352 e. The van der Waals surface area contributed by atoms with Gasteiger partial charge in [0.2, 0.25) is 0 Å². The monoisotopic (exact) mass is 298 g/mol. The molecular formula is C23H22. The molecule has 0 saturated heterocycles. The Bertz CT molecular complexity index is 864. The zero-order valence-corrected chi connectivity index (χ0v) is 14.3. The van der Waals surface area contributed by atoms with Gasteiger partial charge in [-0.05, 0) is 66.6 Å². The second-order valence-corrected chi connectivity index (χ2v) is 6.96. The number of rotatable bonds is 1. The summed E-state index contributed by atoms with van der Waals surface area (Å²) in [6, 6.07) is 20.7. The molecule has 0 fully saturated rings. The molecule has 0 heterocycles. The summed E-state index contributed by atoms with van der Waals surface area (Å²) in [7, 11) is 0. The predicted octanol–water partition coefficient (Wildman–Crippen LogP) is 6.08. The lowest BCUT2D eigenvalue weighted by Crippen LogP contribution is -2.01. The van der Waals surface area contributed by atoms with Gasteiger partial charge in [-0.2, -0.15) is 0 Å². The number of benzene rings is 3. The fourth-order valence-corrected chi connectivity index (χ4v) is 3.80. The Labute approximate surface area is 138 Å². The van der Waals surface area contributed by atoms with E-state index in [4.69, 9.17) is 0 Å². The predicted molar refractivity (Wildman–Crippen MR) is 98.2 cm³/mol. The first-order valence-corrected chi connectivity index (χ1v) is 8.33. The molecule has 0 nitrogen and oxygen atoms in total. The SMILES string of the molecule is Cc1ccc2c(c1)C(c1ccc(C)c(C)c1)c1cc(C)ccc1-2. The summed E-state index contributed by atoms with van der Waals surface area (Å²) in [5, 5.41) is 0. The van der Waals surface area contributed by atoms with Gasteiger partial charge >= 0.3 is 0 Å². The minimum atomic E-state index is 0.360. The molecule has 114 valence electrons. The minimum Gasteiger partial charge on any atom is -0.0588 e. The van der Waals surface area contributed by atoms with Gasteiger partial charge in [-0.25, -0.2) is 0 Å². The molecule has 0 amide bonds. The summed E-state index contributed by atoms with van der Waals surface area (Å²) in [6.45, 7) is 8.77. The Morgan fingerprint density at radius 3 is 1.65 bits per heavy atom. The van der Waals surface area contributed by atoms with E-state index in [2.05, 4.69) is 82.3 Å². The maximum absolute atomic E-state index is 2.37. The van der Waals surface area contributed by atoms with Gasteiger partial charge in [0.1, 0.15) is 0 Å². The summed E-state index contributed by atoms with van der Waals surface area (Å²) in [5.41, 5.74) is 12.5. The quantitative estimate of drug-likeness (QED) is 0.399. The molecule has 0 spiro atoms. The van der Waals surface area contributed by atoms with Gasteiger partial charge in [-0.1, -0.05) is 65.7 Å². The van der Waals surface area contributed by atoms with E-state index < -0.39 is 0 Å². The summed E-state index contributed by atoms with van der Waals surface area (Å²) in [6.07, 6.45) is 0. The highest BCUT2D eigenvalue weighted by molar-refractivity contribution is 5.81. The van der Waals surface area contributed by atoms with Gasteiger partial charge in [0, 0.05) is 5.92 Å². The van der Waals surface area contributed by atoms with Crippen LogP contribution in [-0.4, -0.2) is 0 Å². The van der Waals surface area contributed by atoms with Crippen LogP contribution in [0.15, 0.2) is 54.6 Å². The average Bonchev–Trinajstić information content (AvgIpc) is 2.82. The Morgan fingerprint density at radius 2 is 1.13 bits per heavy atom. The summed E-state index contributed by atoms with van der Waals surface area (Å²) < 4.78 is 0. The van der Waals surface area contributed by atoms with E-state index in [0.717, 1.165) is 0 Å². The third kappa shape index (κ3) is 2.21. The molecule has 3 aromatic carbocycles. The number of hydrogen-bond acceptors (Lipinski definition) is 0. The van der Waals surface area contributed by atoms with Crippen molar-refractivity contribution in [2.75, 3.05) is 0 Å². The summed E-state index contributed by atoms with van der Waals surface area (Å²) in [4.78, 5) is 0. The Morgan fingerprint density at radius 1 is 0.565 bits per heavy atom. The van der Waals surface area contributed by atoms with E-state index in [0.29, 0.717) is 5.92 Å². The van der Waals surface area contributed by atoms with Crippen molar-refractivity contribution in [3.63, 3.8) is 0 Å². The highest BCUT2D eigenvalue weighted by atomic mass is 14.3. The lowest BCUT2D eigenvalue weighted by molar-refractivity contribution is 1.00. The molecule has 0 atom stereocenters. The molecule has 1 aliphatic rings. The third-order valence-electron chi connectivity index (χ3n) is 5.19. The first kappa shape index (κ1) is 14.3. The van der Waals surface area contributed by atoms with Crippen molar-refractivity contribution >= 4 is 0 Å². The Kier molecular flexibility index (Phi) is 3.16. The summed E-state index contributed by atoms with van der Waals surface area (Å²) >= 11 is 0. The van der Waals surface area contributed by atoms with Crippen molar-refractivity contribution in [1.82, 2.24) is 0 Å². The Balaban J connectivity index is 2.00. The molecule has 3 aromatic rings. The molecule has 0 aliphatic heterocycles. The number of aryl methyl sites for hydroxylation is 4. The smallest absolute Gasteiger partial charge is 0.0352 e. The van der Waals surface area contributed by atoms with Gasteiger partial charge in [-0.3, -0.25) is 0 Å². The van der Waals surface area contributed by atoms with E-state index >= 15 is 0 Å². The molecule has 23 heavy (non-hydrogen) atoms. The van der Waals surface area contributed by atoms with Crippen LogP contribution in [0.2, 0.25) is 0 Å². The van der Waals surface area contributed by atoms with Crippen LogP contribution in [0.4, 0.5) is 0 Å². The van der Waals surface area contributed by atoms with Crippen molar-refractivity contribution in [2.45, 2.75) is 33.6 Å². The normalized spacial score (nSPS) is 13.0. The molecule has 4 rings (SSSR count). The standard InChI is InChI=1S/C23H22/c1-14-5-9-19-20-10-6-15(2)12-22(20)23(21(19)11-14)18-8-7-16(3)17(4)13-18/h5-13,23H,1-4H3. The van der Waals surface area contributed by atoms with E-state index in [1.54, 1.807) is 0 Å². The van der Waals surface area contributed by atoms with Crippen molar-refractivity contribution in [1.29, 1.82) is 0 Å². The highest BCUT2D eigenvalue weighted by Crippen LogP contribution is 2.48.